The Morgan fingerprint density at radius 1 is 1.25 bits per heavy atom. The number of carbonyl (C=O) groups excluding carboxylic acids is 1. The minimum absolute atomic E-state index is 0.0364. The van der Waals surface area contributed by atoms with Crippen LogP contribution in [0.25, 0.3) is 0 Å². The molecule has 2 amide bonds. The zero-order valence-corrected chi connectivity index (χ0v) is 12.9. The smallest absolute Gasteiger partial charge is 0.317 e. The zero-order valence-electron chi connectivity index (χ0n) is 12.9. The van der Waals surface area contributed by atoms with E-state index in [4.69, 9.17) is 5.11 Å². The number of likely N-dealkylation sites (tertiary alicyclic amines) is 1. The van der Waals surface area contributed by atoms with E-state index in [0.717, 1.165) is 38.6 Å². The van der Waals surface area contributed by atoms with Gasteiger partial charge in [0.2, 0.25) is 0 Å². The van der Waals surface area contributed by atoms with Gasteiger partial charge in [0.25, 0.3) is 0 Å². The van der Waals surface area contributed by atoms with Crippen molar-refractivity contribution in [3.05, 3.63) is 0 Å². The number of hydrogen-bond acceptors (Lipinski definition) is 2. The lowest BCUT2D eigenvalue weighted by Gasteiger charge is -2.37. The third-order valence-electron chi connectivity index (χ3n) is 4.67. The summed E-state index contributed by atoms with van der Waals surface area (Å²) >= 11 is 0. The number of piperidine rings is 1. The molecule has 0 aliphatic carbocycles. The average Bonchev–Trinajstić information content (AvgIpc) is 2.44. The molecule has 5 nitrogen and oxygen atoms in total. The highest BCUT2D eigenvalue weighted by molar-refractivity contribution is 5.75. The van der Waals surface area contributed by atoms with Crippen molar-refractivity contribution in [3.8, 4) is 0 Å². The highest BCUT2D eigenvalue weighted by Crippen LogP contribution is 2.23. The Morgan fingerprint density at radius 3 is 2.35 bits per heavy atom. The summed E-state index contributed by atoms with van der Waals surface area (Å²) < 4.78 is 0. The molecule has 0 aromatic rings. The molecule has 1 atom stereocenters. The summed E-state index contributed by atoms with van der Waals surface area (Å²) in [7, 11) is 0. The van der Waals surface area contributed by atoms with Gasteiger partial charge >= 0.3 is 12.0 Å². The SMILES string of the molecule is CCC(CC)(CC)NC(=O)N1CCCC(CC(=O)O)C1. The third kappa shape index (κ3) is 4.39. The van der Waals surface area contributed by atoms with Crippen LogP contribution in [0.1, 0.15) is 59.3 Å². The molecule has 0 radical (unpaired) electrons. The summed E-state index contributed by atoms with van der Waals surface area (Å²) in [6, 6.07) is -0.0364. The molecule has 5 heteroatoms. The summed E-state index contributed by atoms with van der Waals surface area (Å²) in [5.41, 5.74) is -0.128. The zero-order chi connectivity index (χ0) is 15.2. The van der Waals surface area contributed by atoms with Crippen LogP contribution in [0.2, 0.25) is 0 Å². The molecule has 0 aromatic heterocycles. The van der Waals surface area contributed by atoms with Crippen LogP contribution >= 0.6 is 0 Å². The first-order valence-corrected chi connectivity index (χ1v) is 7.75. The van der Waals surface area contributed by atoms with Crippen molar-refractivity contribution in [3.63, 3.8) is 0 Å². The largest absolute Gasteiger partial charge is 0.481 e. The van der Waals surface area contributed by atoms with Gasteiger partial charge in [-0.2, -0.15) is 0 Å². The average molecular weight is 284 g/mol. The highest BCUT2D eigenvalue weighted by Gasteiger charge is 2.30. The fourth-order valence-electron chi connectivity index (χ4n) is 2.98. The van der Waals surface area contributed by atoms with Crippen LogP contribution in [0.3, 0.4) is 0 Å². The second kappa shape index (κ2) is 7.50. The summed E-state index contributed by atoms with van der Waals surface area (Å²) in [5, 5.41) is 12.0. The van der Waals surface area contributed by atoms with Gasteiger partial charge in [0.1, 0.15) is 0 Å². The first-order valence-electron chi connectivity index (χ1n) is 7.75. The third-order valence-corrected chi connectivity index (χ3v) is 4.67. The molecule has 0 aromatic carbocycles. The molecule has 1 saturated heterocycles. The standard InChI is InChI=1S/C15H28N2O3/c1-4-15(5-2,6-3)16-14(20)17-9-7-8-12(11-17)10-13(18)19/h12H,4-11H2,1-3H3,(H,16,20)(H,18,19). The quantitative estimate of drug-likeness (QED) is 0.788. The van der Waals surface area contributed by atoms with Crippen LogP contribution in [0.15, 0.2) is 0 Å². The minimum Gasteiger partial charge on any atom is -0.481 e. The number of rotatable bonds is 6. The number of carboxylic acid groups (broad SMARTS) is 1. The van der Waals surface area contributed by atoms with Crippen molar-refractivity contribution in [2.24, 2.45) is 5.92 Å². The Hall–Kier alpha value is -1.26. The molecule has 1 aliphatic heterocycles. The lowest BCUT2D eigenvalue weighted by molar-refractivity contribution is -0.138. The fourth-order valence-corrected chi connectivity index (χ4v) is 2.98. The molecule has 2 N–H and O–H groups in total. The normalized spacial score (nSPS) is 19.8. The topological polar surface area (TPSA) is 69.6 Å². The van der Waals surface area contributed by atoms with Gasteiger partial charge in [-0.3, -0.25) is 4.79 Å². The fraction of sp³-hybridized carbons (Fsp3) is 0.867. The molecule has 116 valence electrons. The van der Waals surface area contributed by atoms with Gasteiger partial charge in [0, 0.05) is 25.0 Å². The summed E-state index contributed by atoms with van der Waals surface area (Å²) in [6.07, 6.45) is 4.69. The van der Waals surface area contributed by atoms with E-state index in [1.165, 1.54) is 0 Å². The van der Waals surface area contributed by atoms with Gasteiger partial charge in [-0.25, -0.2) is 4.79 Å². The number of nitrogens with zero attached hydrogens (tertiary/aromatic N) is 1. The van der Waals surface area contributed by atoms with Crippen LogP contribution in [0, 0.1) is 5.92 Å². The Kier molecular flexibility index (Phi) is 6.30. The van der Waals surface area contributed by atoms with Crippen LogP contribution < -0.4 is 5.32 Å². The molecule has 1 fully saturated rings. The second-order valence-electron chi connectivity index (χ2n) is 5.82. The van der Waals surface area contributed by atoms with E-state index >= 15 is 0 Å². The Balaban J connectivity index is 2.60. The van der Waals surface area contributed by atoms with E-state index in [9.17, 15) is 9.59 Å². The van der Waals surface area contributed by atoms with Crippen LogP contribution in [-0.4, -0.2) is 40.6 Å². The molecule has 0 spiro atoms. The van der Waals surface area contributed by atoms with Crippen LogP contribution in [-0.2, 0) is 4.79 Å². The van der Waals surface area contributed by atoms with Crippen molar-refractivity contribution < 1.29 is 14.7 Å². The number of hydrogen-bond donors (Lipinski definition) is 2. The van der Waals surface area contributed by atoms with Crippen molar-refractivity contribution in [1.29, 1.82) is 0 Å². The first kappa shape index (κ1) is 16.8. The van der Waals surface area contributed by atoms with E-state index in [2.05, 4.69) is 26.1 Å². The van der Waals surface area contributed by atoms with Crippen LogP contribution in [0.4, 0.5) is 4.79 Å². The lowest BCUT2D eigenvalue weighted by Crippen LogP contribution is -2.54. The van der Waals surface area contributed by atoms with Gasteiger partial charge in [0.05, 0.1) is 0 Å². The Bertz CT molecular complexity index is 332. The Labute approximate surface area is 121 Å². The van der Waals surface area contributed by atoms with Crippen molar-refractivity contribution in [1.82, 2.24) is 10.2 Å². The molecule has 1 heterocycles. The van der Waals surface area contributed by atoms with Crippen molar-refractivity contribution in [2.45, 2.75) is 64.8 Å². The van der Waals surface area contributed by atoms with Gasteiger partial charge in [-0.05, 0) is 38.0 Å². The molecular formula is C15H28N2O3. The molecule has 0 bridgehead atoms. The van der Waals surface area contributed by atoms with E-state index in [0.29, 0.717) is 6.54 Å². The summed E-state index contributed by atoms with van der Waals surface area (Å²) in [6.45, 7) is 7.57. The number of urea groups is 1. The maximum atomic E-state index is 12.4. The molecule has 20 heavy (non-hydrogen) atoms. The number of carboxylic acids is 1. The van der Waals surface area contributed by atoms with E-state index < -0.39 is 5.97 Å². The number of amides is 2. The van der Waals surface area contributed by atoms with E-state index in [-0.39, 0.29) is 23.9 Å². The number of nitrogens with one attached hydrogen (secondary N) is 1. The summed E-state index contributed by atoms with van der Waals surface area (Å²) in [4.78, 5) is 25.0. The predicted octanol–water partition coefficient (Wildman–Crippen LogP) is 2.85. The van der Waals surface area contributed by atoms with Crippen molar-refractivity contribution in [2.75, 3.05) is 13.1 Å². The molecule has 1 unspecified atom stereocenters. The Morgan fingerprint density at radius 2 is 1.85 bits per heavy atom. The van der Waals surface area contributed by atoms with Gasteiger partial charge in [0.15, 0.2) is 0 Å². The molecule has 1 rings (SSSR count). The minimum atomic E-state index is -0.776. The molecule has 1 aliphatic rings. The lowest BCUT2D eigenvalue weighted by atomic mass is 9.90. The molecular weight excluding hydrogens is 256 g/mol. The van der Waals surface area contributed by atoms with Crippen molar-refractivity contribution >= 4 is 12.0 Å². The monoisotopic (exact) mass is 284 g/mol. The highest BCUT2D eigenvalue weighted by atomic mass is 16.4. The summed E-state index contributed by atoms with van der Waals surface area (Å²) in [5.74, 6) is -0.687. The van der Waals surface area contributed by atoms with E-state index in [1.54, 1.807) is 4.90 Å². The maximum absolute atomic E-state index is 12.4. The second-order valence-corrected chi connectivity index (χ2v) is 5.82. The maximum Gasteiger partial charge on any atom is 0.317 e. The van der Waals surface area contributed by atoms with Crippen LogP contribution in [0.5, 0.6) is 0 Å². The molecule has 0 saturated carbocycles. The van der Waals surface area contributed by atoms with Gasteiger partial charge in [-0.1, -0.05) is 20.8 Å². The number of aliphatic carboxylic acids is 1. The van der Waals surface area contributed by atoms with E-state index in [1.807, 2.05) is 0 Å². The van der Waals surface area contributed by atoms with Gasteiger partial charge in [-0.15, -0.1) is 0 Å². The number of carbonyl (C=O) groups is 2. The van der Waals surface area contributed by atoms with Gasteiger partial charge < -0.3 is 15.3 Å². The first-order chi connectivity index (χ1) is 9.46. The predicted molar refractivity (Wildman–Crippen MR) is 78.7 cm³/mol.